The van der Waals surface area contributed by atoms with Crippen LogP contribution in [-0.4, -0.2) is 50.9 Å². The molecule has 10 nitrogen and oxygen atoms in total. The number of anilines is 1. The van der Waals surface area contributed by atoms with Gasteiger partial charge in [-0.3, -0.25) is 18.9 Å². The van der Waals surface area contributed by atoms with Gasteiger partial charge in [0.15, 0.2) is 10.9 Å². The summed E-state index contributed by atoms with van der Waals surface area (Å²) in [6.07, 6.45) is 2.56. The highest BCUT2D eigenvalue weighted by atomic mass is 32.1. The maximum Gasteiger partial charge on any atom is 0.350 e. The minimum Gasteiger partial charge on any atom is -0.505 e. The number of carbonyl (C=O) groups is 3. The van der Waals surface area contributed by atoms with E-state index in [9.17, 15) is 19.5 Å². The lowest BCUT2D eigenvalue weighted by Gasteiger charge is -2.23. The fourth-order valence-corrected chi connectivity index (χ4v) is 5.62. The molecule has 1 saturated heterocycles. The quantitative estimate of drug-likeness (QED) is 0.154. The van der Waals surface area contributed by atoms with Crippen LogP contribution in [0.25, 0.3) is 11.4 Å². The summed E-state index contributed by atoms with van der Waals surface area (Å²) >= 11 is 0.946. The smallest absolute Gasteiger partial charge is 0.350 e. The van der Waals surface area contributed by atoms with Gasteiger partial charge in [0.1, 0.15) is 22.0 Å². The molecule has 4 heterocycles. The number of hydrogen-bond donors (Lipinski definition) is 1. The van der Waals surface area contributed by atoms with E-state index in [1.165, 1.54) is 12.0 Å². The minimum atomic E-state index is -1.02. The van der Waals surface area contributed by atoms with Crippen LogP contribution >= 0.6 is 11.3 Å². The van der Waals surface area contributed by atoms with Gasteiger partial charge in [-0.05, 0) is 50.1 Å². The molecule has 0 saturated carbocycles. The molecular weight excluding hydrogens is 520 g/mol. The van der Waals surface area contributed by atoms with E-state index in [0.29, 0.717) is 40.6 Å². The summed E-state index contributed by atoms with van der Waals surface area (Å²) in [6, 6.07) is 11.3. The second kappa shape index (κ2) is 10.3. The molecule has 1 aliphatic heterocycles. The van der Waals surface area contributed by atoms with Gasteiger partial charge in [-0.1, -0.05) is 36.5 Å². The van der Waals surface area contributed by atoms with Crippen molar-refractivity contribution in [2.24, 2.45) is 0 Å². The van der Waals surface area contributed by atoms with E-state index in [-0.39, 0.29) is 21.3 Å². The van der Waals surface area contributed by atoms with Crippen molar-refractivity contribution >= 4 is 45.5 Å². The number of Topliss-reactive ketones (excluding diaryl/α,β-unsaturated/α-hetero) is 1. The number of thiazole rings is 1. The number of aliphatic hydroxyl groups is 1. The van der Waals surface area contributed by atoms with Gasteiger partial charge >= 0.3 is 11.9 Å². The highest BCUT2D eigenvalue weighted by Crippen LogP contribution is 2.44. The number of benzene rings is 1. The molecule has 1 aliphatic rings. The number of hydrogen-bond acceptors (Lipinski definition) is 9. The lowest BCUT2D eigenvalue weighted by atomic mass is 9.96. The summed E-state index contributed by atoms with van der Waals surface area (Å²) in [5, 5.41) is 11.8. The molecule has 3 aromatic heterocycles. The van der Waals surface area contributed by atoms with E-state index in [1.54, 1.807) is 60.8 Å². The van der Waals surface area contributed by atoms with Crippen LogP contribution in [0.3, 0.4) is 0 Å². The van der Waals surface area contributed by atoms with Crippen LogP contribution in [0.4, 0.5) is 5.13 Å². The molecule has 200 valence electrons. The van der Waals surface area contributed by atoms with Crippen molar-refractivity contribution < 1.29 is 29.0 Å². The van der Waals surface area contributed by atoms with Crippen LogP contribution in [0.15, 0.2) is 54.2 Å². The summed E-state index contributed by atoms with van der Waals surface area (Å²) in [7, 11) is 1.26. The minimum absolute atomic E-state index is 0.108. The van der Waals surface area contributed by atoms with Crippen molar-refractivity contribution in [2.45, 2.75) is 33.2 Å². The molecule has 1 unspecified atom stereocenters. The number of aromatic nitrogens is 3. The Morgan fingerprint density at radius 1 is 1.08 bits per heavy atom. The summed E-state index contributed by atoms with van der Waals surface area (Å²) in [5.41, 5.74) is 2.19. The Balaban J connectivity index is 1.72. The first-order valence-electron chi connectivity index (χ1n) is 12.3. The Labute approximate surface area is 228 Å². The Morgan fingerprint density at radius 2 is 1.82 bits per heavy atom. The SMILES string of the molecule is CCCOc1ccc(C2/C(=C(\O)c3c(C)nc4ccccn34)C(=O)C(=O)N2c2nc(C)c(C(=O)OC)s2)cc1. The molecule has 0 bridgehead atoms. The van der Waals surface area contributed by atoms with Crippen LogP contribution in [0, 0.1) is 13.8 Å². The fourth-order valence-electron chi connectivity index (χ4n) is 4.61. The molecule has 39 heavy (non-hydrogen) atoms. The summed E-state index contributed by atoms with van der Waals surface area (Å²) in [6.45, 7) is 5.89. The summed E-state index contributed by atoms with van der Waals surface area (Å²) in [4.78, 5) is 49.7. The largest absolute Gasteiger partial charge is 0.505 e. The van der Waals surface area contributed by atoms with Gasteiger partial charge in [0.25, 0.3) is 5.78 Å². The van der Waals surface area contributed by atoms with E-state index in [4.69, 9.17) is 9.47 Å². The second-order valence-corrected chi connectivity index (χ2v) is 9.94. The third-order valence-corrected chi connectivity index (χ3v) is 7.54. The van der Waals surface area contributed by atoms with Gasteiger partial charge in [0, 0.05) is 6.20 Å². The molecule has 11 heteroatoms. The fraction of sp³-hybridized carbons (Fsp3) is 0.250. The second-order valence-electron chi connectivity index (χ2n) is 8.96. The van der Waals surface area contributed by atoms with Crippen LogP contribution in [-0.2, 0) is 14.3 Å². The van der Waals surface area contributed by atoms with Crippen molar-refractivity contribution in [3.8, 4) is 5.75 Å². The number of ether oxygens (including phenoxy) is 2. The number of ketones is 1. The van der Waals surface area contributed by atoms with Gasteiger partial charge in [0.05, 0.1) is 36.7 Å². The number of rotatable bonds is 7. The number of methoxy groups -OCH3 is 1. The van der Waals surface area contributed by atoms with Crippen molar-refractivity contribution in [3.05, 3.63) is 81.8 Å². The summed E-state index contributed by atoms with van der Waals surface area (Å²) < 4.78 is 12.2. The van der Waals surface area contributed by atoms with Crippen molar-refractivity contribution in [1.82, 2.24) is 14.4 Å². The van der Waals surface area contributed by atoms with Gasteiger partial charge in [-0.2, -0.15) is 0 Å². The van der Waals surface area contributed by atoms with E-state index in [2.05, 4.69) is 9.97 Å². The number of fused-ring (bicyclic) bond motifs is 1. The number of carbonyl (C=O) groups excluding carboxylic acids is 3. The Kier molecular flexibility index (Phi) is 6.92. The number of pyridine rings is 1. The molecule has 0 aliphatic carbocycles. The van der Waals surface area contributed by atoms with Gasteiger partial charge < -0.3 is 14.6 Å². The maximum atomic E-state index is 13.6. The predicted molar refractivity (Wildman–Crippen MR) is 145 cm³/mol. The van der Waals surface area contributed by atoms with Crippen molar-refractivity contribution in [2.75, 3.05) is 18.6 Å². The van der Waals surface area contributed by atoms with E-state index >= 15 is 0 Å². The molecule has 0 spiro atoms. The van der Waals surface area contributed by atoms with Crippen LogP contribution < -0.4 is 9.64 Å². The third-order valence-electron chi connectivity index (χ3n) is 6.40. The monoisotopic (exact) mass is 546 g/mol. The van der Waals surface area contributed by atoms with Crippen LogP contribution in [0.2, 0.25) is 0 Å². The number of esters is 1. The Morgan fingerprint density at radius 3 is 2.51 bits per heavy atom. The van der Waals surface area contributed by atoms with Gasteiger partial charge in [-0.25, -0.2) is 14.8 Å². The zero-order chi connectivity index (χ0) is 27.8. The molecule has 1 N–H and O–H groups in total. The molecule has 0 radical (unpaired) electrons. The summed E-state index contributed by atoms with van der Waals surface area (Å²) in [5.74, 6) is -2.06. The standard InChI is InChI=1S/C28H26N4O6S/c1-5-14-38-18-11-9-17(10-12-18)22-20(23(33)21-15(2)29-19-8-6-7-13-31(19)21)24(34)26(35)32(22)28-30-16(3)25(39-28)27(36)37-4/h6-13,22,33H,5,14H2,1-4H3/b23-20+. The van der Waals surface area contributed by atoms with Gasteiger partial charge in [-0.15, -0.1) is 0 Å². The number of aliphatic hydroxyl groups excluding tert-OH is 1. The van der Waals surface area contributed by atoms with Crippen molar-refractivity contribution in [1.29, 1.82) is 0 Å². The average Bonchev–Trinajstić information content (AvgIpc) is 3.57. The molecule has 1 aromatic carbocycles. The number of amides is 1. The number of nitrogens with zero attached hydrogens (tertiary/aromatic N) is 4. The first-order chi connectivity index (χ1) is 18.8. The number of aryl methyl sites for hydroxylation is 2. The van der Waals surface area contributed by atoms with Crippen LogP contribution in [0.5, 0.6) is 5.75 Å². The first kappa shape index (κ1) is 26.1. The lowest BCUT2D eigenvalue weighted by molar-refractivity contribution is -0.132. The normalized spacial score (nSPS) is 16.7. The molecule has 1 amide bonds. The average molecular weight is 547 g/mol. The molecule has 1 atom stereocenters. The van der Waals surface area contributed by atoms with E-state index in [1.807, 2.05) is 13.0 Å². The van der Waals surface area contributed by atoms with Crippen LogP contribution in [0.1, 0.15) is 51.7 Å². The first-order valence-corrected chi connectivity index (χ1v) is 13.1. The van der Waals surface area contributed by atoms with E-state index in [0.717, 1.165) is 17.8 Å². The highest BCUT2D eigenvalue weighted by Gasteiger charge is 2.49. The molecule has 5 rings (SSSR count). The molecule has 1 fully saturated rings. The third kappa shape index (κ3) is 4.44. The van der Waals surface area contributed by atoms with E-state index < -0.39 is 23.7 Å². The zero-order valence-electron chi connectivity index (χ0n) is 21.8. The molecular formula is C28H26N4O6S. The topological polar surface area (TPSA) is 123 Å². The predicted octanol–water partition coefficient (Wildman–Crippen LogP) is 4.61. The van der Waals surface area contributed by atoms with Crippen molar-refractivity contribution in [3.63, 3.8) is 0 Å². The lowest BCUT2D eigenvalue weighted by Crippen LogP contribution is -2.29. The number of imidazole rings is 1. The maximum absolute atomic E-state index is 13.6. The Hall–Kier alpha value is -4.51. The van der Waals surface area contributed by atoms with Gasteiger partial charge in [0.2, 0.25) is 0 Å². The Bertz CT molecular complexity index is 1640. The highest BCUT2D eigenvalue weighted by molar-refractivity contribution is 7.17. The molecule has 4 aromatic rings. The zero-order valence-corrected chi connectivity index (χ0v) is 22.6.